The highest BCUT2D eigenvalue weighted by Crippen LogP contribution is 2.55. The van der Waals surface area contributed by atoms with Gasteiger partial charge in [0.1, 0.15) is 11.3 Å². The average molecular weight is 512 g/mol. The van der Waals surface area contributed by atoms with Crippen molar-refractivity contribution in [1.29, 1.82) is 0 Å². The van der Waals surface area contributed by atoms with Gasteiger partial charge in [-0.25, -0.2) is 9.48 Å². The monoisotopic (exact) mass is 511 g/mol. The zero-order valence-corrected chi connectivity index (χ0v) is 21.8. The molecule has 0 saturated heterocycles. The Morgan fingerprint density at radius 2 is 1.82 bits per heavy atom. The van der Waals surface area contributed by atoms with E-state index in [4.69, 9.17) is 4.74 Å². The van der Waals surface area contributed by atoms with Crippen LogP contribution < -0.4 is 4.74 Å². The molecule has 2 aromatic heterocycles. The summed E-state index contributed by atoms with van der Waals surface area (Å²) in [6.45, 7) is 2.19. The van der Waals surface area contributed by atoms with Gasteiger partial charge in [0.25, 0.3) is 0 Å². The molecule has 2 fully saturated rings. The van der Waals surface area contributed by atoms with Gasteiger partial charge >= 0.3 is 5.97 Å². The molecule has 2 aliphatic rings. The van der Waals surface area contributed by atoms with E-state index in [1.165, 1.54) is 38.3 Å². The zero-order valence-electron chi connectivity index (χ0n) is 21.8. The van der Waals surface area contributed by atoms with Gasteiger partial charge in [0.2, 0.25) is 0 Å². The van der Waals surface area contributed by atoms with Crippen molar-refractivity contribution in [3.8, 4) is 22.6 Å². The lowest BCUT2D eigenvalue weighted by Gasteiger charge is -2.28. The molecular weight excluding hydrogens is 478 g/mol. The largest absolute Gasteiger partial charge is 0.490 e. The summed E-state index contributed by atoms with van der Waals surface area (Å²) in [6, 6.07) is 16.3. The van der Waals surface area contributed by atoms with Gasteiger partial charge in [0.15, 0.2) is 0 Å². The van der Waals surface area contributed by atoms with Gasteiger partial charge in [0, 0.05) is 25.1 Å². The van der Waals surface area contributed by atoms with E-state index >= 15 is 0 Å². The SMILES string of the molecule is C[C@H](Oc1cccc(-c2cccc(-n3ncc(C(=O)O)c3[C@@H]3C[C@H]3c3cn(C)nn3)c2)c1)C1CCCCC1. The molecule has 8 nitrogen and oxygen atoms in total. The molecule has 0 aliphatic heterocycles. The number of rotatable bonds is 8. The molecule has 0 unspecified atom stereocenters. The van der Waals surface area contributed by atoms with Crippen molar-refractivity contribution in [3.05, 3.63) is 77.9 Å². The maximum atomic E-state index is 12.1. The van der Waals surface area contributed by atoms with Gasteiger partial charge in [-0.15, -0.1) is 5.10 Å². The Bertz CT molecular complexity index is 1450. The van der Waals surface area contributed by atoms with Crippen LogP contribution in [0.5, 0.6) is 5.75 Å². The number of carbonyl (C=O) groups is 1. The Balaban J connectivity index is 1.28. The van der Waals surface area contributed by atoms with Crippen molar-refractivity contribution in [2.75, 3.05) is 0 Å². The first-order valence-corrected chi connectivity index (χ1v) is 13.5. The number of carboxylic acids is 1. The number of aryl methyl sites for hydroxylation is 1. The third-order valence-corrected chi connectivity index (χ3v) is 8.07. The molecule has 196 valence electrons. The Kier molecular flexibility index (Phi) is 6.47. The van der Waals surface area contributed by atoms with Crippen LogP contribution in [-0.2, 0) is 7.05 Å². The summed E-state index contributed by atoms with van der Waals surface area (Å²) in [5.74, 6) is 0.695. The standard InChI is InChI=1S/C30H33N5O3/c1-19(20-8-4-3-5-9-20)38-24-13-7-11-22(15-24)21-10-6-12-23(14-21)35-29(27(17-31-35)30(36)37)26-16-25(26)28-18-34(2)33-32-28/h6-7,10-15,17-20,25-26H,3-5,8-9,16H2,1-2H3,(H,36,37)/t19-,25+,26+/m0/s1. The van der Waals surface area contributed by atoms with E-state index in [2.05, 4.69) is 46.6 Å². The van der Waals surface area contributed by atoms with Crippen molar-refractivity contribution >= 4 is 5.97 Å². The summed E-state index contributed by atoms with van der Waals surface area (Å²) in [4.78, 5) is 12.1. The van der Waals surface area contributed by atoms with Crippen molar-refractivity contribution < 1.29 is 14.6 Å². The summed E-state index contributed by atoms with van der Waals surface area (Å²) < 4.78 is 9.83. The average Bonchev–Trinajstić information content (AvgIpc) is 3.38. The van der Waals surface area contributed by atoms with Crippen LogP contribution in [0.4, 0.5) is 0 Å². The normalized spacial score (nSPS) is 20.3. The van der Waals surface area contributed by atoms with Crippen LogP contribution in [0.2, 0.25) is 0 Å². The highest BCUT2D eigenvalue weighted by Gasteiger charge is 2.46. The minimum Gasteiger partial charge on any atom is -0.490 e. The minimum absolute atomic E-state index is 0.0296. The van der Waals surface area contributed by atoms with E-state index in [9.17, 15) is 9.90 Å². The lowest BCUT2D eigenvalue weighted by molar-refractivity contribution is 0.0695. The zero-order chi connectivity index (χ0) is 26.2. The van der Waals surface area contributed by atoms with E-state index in [0.29, 0.717) is 11.6 Å². The van der Waals surface area contributed by atoms with Crippen LogP contribution in [0.1, 0.15) is 79.0 Å². The number of hydrogen-bond donors (Lipinski definition) is 1. The maximum Gasteiger partial charge on any atom is 0.339 e. The van der Waals surface area contributed by atoms with Crippen molar-refractivity contribution in [3.63, 3.8) is 0 Å². The molecule has 4 aromatic rings. The molecule has 38 heavy (non-hydrogen) atoms. The molecule has 6 rings (SSSR count). The van der Waals surface area contributed by atoms with E-state index in [0.717, 1.165) is 34.7 Å². The molecular formula is C30H33N5O3. The highest BCUT2D eigenvalue weighted by atomic mass is 16.5. The number of aromatic carboxylic acids is 1. The lowest BCUT2D eigenvalue weighted by atomic mass is 9.86. The van der Waals surface area contributed by atoms with Gasteiger partial charge in [-0.2, -0.15) is 5.10 Å². The van der Waals surface area contributed by atoms with Crippen LogP contribution in [0.25, 0.3) is 16.8 Å². The molecule has 0 spiro atoms. The second kappa shape index (κ2) is 10.1. The van der Waals surface area contributed by atoms with Gasteiger partial charge < -0.3 is 9.84 Å². The molecule has 2 aliphatic carbocycles. The molecule has 0 radical (unpaired) electrons. The van der Waals surface area contributed by atoms with E-state index in [-0.39, 0.29) is 23.5 Å². The summed E-state index contributed by atoms with van der Waals surface area (Å²) in [6.07, 6.45) is 10.8. The molecule has 2 heterocycles. The second-order valence-corrected chi connectivity index (χ2v) is 10.7. The van der Waals surface area contributed by atoms with Crippen molar-refractivity contribution in [2.45, 2.75) is 63.4 Å². The fourth-order valence-corrected chi connectivity index (χ4v) is 5.93. The lowest BCUT2D eigenvalue weighted by Crippen LogP contribution is -2.25. The van der Waals surface area contributed by atoms with Gasteiger partial charge in [0.05, 0.1) is 29.4 Å². The minimum atomic E-state index is -0.968. The highest BCUT2D eigenvalue weighted by molar-refractivity contribution is 5.89. The van der Waals surface area contributed by atoms with Crippen LogP contribution in [0.15, 0.2) is 60.9 Å². The summed E-state index contributed by atoms with van der Waals surface area (Å²) in [7, 11) is 1.84. The third-order valence-electron chi connectivity index (χ3n) is 8.07. The van der Waals surface area contributed by atoms with Gasteiger partial charge in [-0.1, -0.05) is 48.7 Å². The quantitative estimate of drug-likeness (QED) is 0.312. The number of carboxylic acid groups (broad SMARTS) is 1. The predicted octanol–water partition coefficient (Wildman–Crippen LogP) is 5.98. The Labute approximate surface area is 222 Å². The van der Waals surface area contributed by atoms with Gasteiger partial charge in [-0.3, -0.25) is 4.68 Å². The second-order valence-electron chi connectivity index (χ2n) is 10.7. The Morgan fingerprint density at radius 3 is 2.55 bits per heavy atom. The number of benzene rings is 2. The smallest absolute Gasteiger partial charge is 0.339 e. The molecule has 0 amide bonds. The van der Waals surface area contributed by atoms with Crippen LogP contribution in [-0.4, -0.2) is 42.0 Å². The predicted molar refractivity (Wildman–Crippen MR) is 144 cm³/mol. The van der Waals surface area contributed by atoms with Crippen molar-refractivity contribution in [2.24, 2.45) is 13.0 Å². The topological polar surface area (TPSA) is 95.1 Å². The van der Waals surface area contributed by atoms with Gasteiger partial charge in [-0.05, 0) is 67.5 Å². The van der Waals surface area contributed by atoms with E-state index in [1.54, 1.807) is 9.36 Å². The first-order chi connectivity index (χ1) is 18.5. The fraction of sp³-hybridized carbons (Fsp3) is 0.400. The van der Waals surface area contributed by atoms with Crippen LogP contribution in [0, 0.1) is 5.92 Å². The summed E-state index contributed by atoms with van der Waals surface area (Å²) in [5.41, 5.74) is 4.74. The summed E-state index contributed by atoms with van der Waals surface area (Å²) >= 11 is 0. The first kappa shape index (κ1) is 24.4. The summed E-state index contributed by atoms with van der Waals surface area (Å²) in [5, 5.41) is 22.7. The number of ether oxygens (including phenoxy) is 1. The molecule has 1 N–H and O–H groups in total. The molecule has 8 heteroatoms. The maximum absolute atomic E-state index is 12.1. The number of hydrogen-bond acceptors (Lipinski definition) is 5. The van der Waals surface area contributed by atoms with Crippen molar-refractivity contribution in [1.82, 2.24) is 24.8 Å². The first-order valence-electron chi connectivity index (χ1n) is 13.5. The molecule has 2 aromatic carbocycles. The number of aromatic nitrogens is 5. The molecule has 0 bridgehead atoms. The third kappa shape index (κ3) is 4.83. The molecule has 2 saturated carbocycles. The van der Waals surface area contributed by atoms with Crippen LogP contribution in [0.3, 0.4) is 0 Å². The molecule has 3 atom stereocenters. The van der Waals surface area contributed by atoms with Crippen LogP contribution >= 0.6 is 0 Å². The van der Waals surface area contributed by atoms with E-state index in [1.807, 2.05) is 37.5 Å². The Hall–Kier alpha value is -3.94. The van der Waals surface area contributed by atoms with E-state index < -0.39 is 5.97 Å². The fourth-order valence-electron chi connectivity index (χ4n) is 5.93. The Morgan fingerprint density at radius 1 is 1.05 bits per heavy atom. The number of nitrogens with zero attached hydrogens (tertiary/aromatic N) is 5.